The molecule has 0 saturated heterocycles. The Kier molecular flexibility index (Phi) is 5.05. The van der Waals surface area contributed by atoms with Crippen LogP contribution in [0, 0.1) is 0 Å². The van der Waals surface area contributed by atoms with Gasteiger partial charge in [-0.05, 0) is 48.2 Å². The number of para-hydroxylation sites is 1. The first-order valence-electron chi connectivity index (χ1n) is 7.24. The second-order valence-corrected chi connectivity index (χ2v) is 7.88. The summed E-state index contributed by atoms with van der Waals surface area (Å²) in [6.07, 6.45) is 1.49. The molecule has 0 unspecified atom stereocenters. The van der Waals surface area contributed by atoms with E-state index in [0.29, 0.717) is 15.7 Å². The Balaban J connectivity index is 1.70. The molecule has 1 aliphatic carbocycles. The van der Waals surface area contributed by atoms with Crippen molar-refractivity contribution in [3.8, 4) is 0 Å². The third-order valence-corrected chi connectivity index (χ3v) is 6.07. The van der Waals surface area contributed by atoms with Gasteiger partial charge in [-0.15, -0.1) is 0 Å². The van der Waals surface area contributed by atoms with Gasteiger partial charge in [-0.25, -0.2) is 0 Å². The number of rotatable bonds is 4. The molecule has 2 aromatic carbocycles. The molecule has 0 saturated carbocycles. The van der Waals surface area contributed by atoms with Crippen molar-refractivity contribution >= 4 is 45.6 Å². The number of nitrogens with one attached hydrogen (secondary N) is 1. The summed E-state index contributed by atoms with van der Waals surface area (Å²) in [5.74, 6) is -0.292. The predicted octanol–water partition coefficient (Wildman–Crippen LogP) is 4.37. The van der Waals surface area contributed by atoms with Crippen LogP contribution in [-0.4, -0.2) is 15.9 Å². The Morgan fingerprint density at radius 1 is 1.22 bits per heavy atom. The van der Waals surface area contributed by atoms with Crippen LogP contribution in [0.2, 0.25) is 10.0 Å². The van der Waals surface area contributed by atoms with E-state index in [2.05, 4.69) is 5.32 Å². The minimum absolute atomic E-state index is 0.0386. The third-order valence-electron chi connectivity index (χ3n) is 3.85. The van der Waals surface area contributed by atoms with Gasteiger partial charge in [0.1, 0.15) is 5.75 Å². The first-order chi connectivity index (χ1) is 11.0. The van der Waals surface area contributed by atoms with Crippen LogP contribution in [0.25, 0.3) is 0 Å². The lowest BCUT2D eigenvalue weighted by molar-refractivity contribution is -0.113. The van der Waals surface area contributed by atoms with E-state index < -0.39 is 10.8 Å². The highest BCUT2D eigenvalue weighted by Crippen LogP contribution is 2.41. The van der Waals surface area contributed by atoms with Crippen molar-refractivity contribution in [2.75, 3.05) is 11.1 Å². The first-order valence-corrected chi connectivity index (χ1v) is 9.38. The number of halogens is 2. The molecular formula is C17H15Cl2NO2S. The van der Waals surface area contributed by atoms with Gasteiger partial charge in [0.05, 0.1) is 5.25 Å². The number of anilines is 1. The topological polar surface area (TPSA) is 46.2 Å². The smallest absolute Gasteiger partial charge is 0.237 e. The Bertz CT molecular complexity index is 765. The molecule has 2 atom stereocenters. The van der Waals surface area contributed by atoms with E-state index in [0.717, 1.165) is 24.0 Å². The molecule has 0 spiro atoms. The van der Waals surface area contributed by atoms with E-state index in [1.54, 1.807) is 18.2 Å². The van der Waals surface area contributed by atoms with Crippen LogP contribution in [0.1, 0.15) is 22.8 Å². The number of carbonyl (C=O) groups excluding carboxylic acids is 1. The number of carbonyl (C=O) groups is 1. The molecule has 2 aromatic rings. The van der Waals surface area contributed by atoms with Gasteiger partial charge in [-0.1, -0.05) is 41.4 Å². The fraction of sp³-hybridized carbons (Fsp3) is 0.235. The lowest BCUT2D eigenvalue weighted by Gasteiger charge is -2.12. The second-order valence-electron chi connectivity index (χ2n) is 5.42. The van der Waals surface area contributed by atoms with Crippen LogP contribution >= 0.6 is 23.2 Å². The molecule has 1 amide bonds. The van der Waals surface area contributed by atoms with Crippen molar-refractivity contribution in [1.82, 2.24) is 0 Å². The minimum Gasteiger partial charge on any atom is -0.325 e. The van der Waals surface area contributed by atoms with Gasteiger partial charge in [0.15, 0.2) is 0 Å². The zero-order valence-electron chi connectivity index (χ0n) is 12.2. The lowest BCUT2D eigenvalue weighted by atomic mass is 10.1. The highest BCUT2D eigenvalue weighted by Gasteiger charge is 2.30. The van der Waals surface area contributed by atoms with Crippen LogP contribution in [0.3, 0.4) is 0 Å². The van der Waals surface area contributed by atoms with Crippen molar-refractivity contribution < 1.29 is 9.00 Å². The Hall–Kier alpha value is -1.36. The maximum atomic E-state index is 12.6. The molecule has 1 aliphatic rings. The first kappa shape index (κ1) is 16.5. The zero-order valence-corrected chi connectivity index (χ0v) is 14.5. The van der Waals surface area contributed by atoms with Crippen LogP contribution in [-0.2, 0) is 22.0 Å². The SMILES string of the molecule is O=C(C[S@](=O)[C@H]1CCc2c(Cl)cc(Cl)cc21)Nc1ccccc1. The van der Waals surface area contributed by atoms with Gasteiger partial charge in [-0.2, -0.15) is 0 Å². The van der Waals surface area contributed by atoms with E-state index in [9.17, 15) is 9.00 Å². The summed E-state index contributed by atoms with van der Waals surface area (Å²) in [7, 11) is -1.31. The normalized spacial score (nSPS) is 17.6. The fourth-order valence-corrected chi connectivity index (χ4v) is 4.84. The summed E-state index contributed by atoms with van der Waals surface area (Å²) in [5.41, 5.74) is 2.61. The van der Waals surface area contributed by atoms with E-state index in [-0.39, 0.29) is 16.9 Å². The van der Waals surface area contributed by atoms with Crippen molar-refractivity contribution in [3.05, 3.63) is 63.6 Å². The molecule has 0 fully saturated rings. The highest BCUT2D eigenvalue weighted by molar-refractivity contribution is 7.86. The molecule has 0 aromatic heterocycles. The van der Waals surface area contributed by atoms with E-state index in [1.807, 2.05) is 24.3 Å². The molecular weight excluding hydrogens is 353 g/mol. The number of amides is 1. The molecule has 120 valence electrons. The van der Waals surface area contributed by atoms with Crippen molar-refractivity contribution in [2.45, 2.75) is 18.1 Å². The maximum absolute atomic E-state index is 12.6. The average Bonchev–Trinajstić information content (AvgIpc) is 2.92. The number of fused-ring (bicyclic) bond motifs is 1. The van der Waals surface area contributed by atoms with Crippen molar-refractivity contribution in [3.63, 3.8) is 0 Å². The van der Waals surface area contributed by atoms with Gasteiger partial charge < -0.3 is 5.32 Å². The van der Waals surface area contributed by atoms with Crippen molar-refractivity contribution in [1.29, 1.82) is 0 Å². The van der Waals surface area contributed by atoms with Crippen LogP contribution < -0.4 is 5.32 Å². The second kappa shape index (κ2) is 7.04. The van der Waals surface area contributed by atoms with Crippen LogP contribution in [0.4, 0.5) is 5.69 Å². The van der Waals surface area contributed by atoms with Crippen molar-refractivity contribution in [2.24, 2.45) is 0 Å². The molecule has 0 radical (unpaired) electrons. The lowest BCUT2D eigenvalue weighted by Crippen LogP contribution is -2.22. The largest absolute Gasteiger partial charge is 0.325 e. The highest BCUT2D eigenvalue weighted by atomic mass is 35.5. The summed E-state index contributed by atoms with van der Waals surface area (Å²) in [6.45, 7) is 0. The number of hydrogen-bond donors (Lipinski definition) is 1. The minimum atomic E-state index is -1.31. The quantitative estimate of drug-likeness (QED) is 0.871. The molecule has 0 bridgehead atoms. The van der Waals surface area contributed by atoms with Crippen LogP contribution in [0.5, 0.6) is 0 Å². The summed E-state index contributed by atoms with van der Waals surface area (Å²) in [5, 5.41) is 3.71. The van der Waals surface area contributed by atoms with Crippen LogP contribution in [0.15, 0.2) is 42.5 Å². The van der Waals surface area contributed by atoms with E-state index in [1.165, 1.54) is 0 Å². The Morgan fingerprint density at radius 3 is 2.70 bits per heavy atom. The van der Waals surface area contributed by atoms with E-state index in [4.69, 9.17) is 23.2 Å². The summed E-state index contributed by atoms with van der Waals surface area (Å²) >= 11 is 12.2. The number of benzene rings is 2. The number of hydrogen-bond acceptors (Lipinski definition) is 2. The molecule has 6 heteroatoms. The molecule has 1 N–H and O–H groups in total. The van der Waals surface area contributed by atoms with Gasteiger partial charge in [0, 0.05) is 26.5 Å². The molecule has 3 rings (SSSR count). The van der Waals surface area contributed by atoms with E-state index >= 15 is 0 Å². The Morgan fingerprint density at radius 2 is 1.96 bits per heavy atom. The summed E-state index contributed by atoms with van der Waals surface area (Å²) in [6, 6.07) is 12.7. The van der Waals surface area contributed by atoms with Gasteiger partial charge in [0.2, 0.25) is 5.91 Å². The predicted molar refractivity (Wildman–Crippen MR) is 95.6 cm³/mol. The Labute approximate surface area is 147 Å². The summed E-state index contributed by atoms with van der Waals surface area (Å²) in [4.78, 5) is 12.1. The molecule has 3 nitrogen and oxygen atoms in total. The summed E-state index contributed by atoms with van der Waals surface area (Å²) < 4.78 is 12.6. The monoisotopic (exact) mass is 367 g/mol. The maximum Gasteiger partial charge on any atom is 0.237 e. The molecule has 23 heavy (non-hydrogen) atoms. The fourth-order valence-electron chi connectivity index (χ4n) is 2.83. The average molecular weight is 368 g/mol. The molecule has 0 heterocycles. The van der Waals surface area contributed by atoms with Gasteiger partial charge in [0.25, 0.3) is 0 Å². The molecule has 0 aliphatic heterocycles. The third kappa shape index (κ3) is 3.77. The van der Waals surface area contributed by atoms with Gasteiger partial charge in [-0.3, -0.25) is 9.00 Å². The van der Waals surface area contributed by atoms with Gasteiger partial charge >= 0.3 is 0 Å². The standard InChI is InChI=1S/C17H15Cl2NO2S/c18-11-8-14-13(15(19)9-11)6-7-16(14)23(22)10-17(21)20-12-4-2-1-3-5-12/h1-5,8-9,16H,6-7,10H2,(H,20,21)/t16-,23-/m0/s1. The zero-order chi connectivity index (χ0) is 16.4.